The number of piperidine rings is 1. The van der Waals surface area contributed by atoms with Crippen molar-refractivity contribution >= 4 is 5.91 Å². The molecule has 0 N–H and O–H groups in total. The number of nitrogens with zero attached hydrogens (tertiary/aromatic N) is 5. The van der Waals surface area contributed by atoms with Crippen molar-refractivity contribution < 1.29 is 31.5 Å². The Morgan fingerprint density at radius 1 is 1.11 bits per heavy atom. The Bertz CT molecular complexity index is 1250. The third kappa shape index (κ3) is 4.32. The van der Waals surface area contributed by atoms with Gasteiger partial charge in [0.1, 0.15) is 17.5 Å². The number of alkyl halides is 3. The molecule has 7 nitrogen and oxygen atoms in total. The summed E-state index contributed by atoms with van der Waals surface area (Å²) in [5, 5.41) is 8.04. The van der Waals surface area contributed by atoms with Gasteiger partial charge in [-0.05, 0) is 43.4 Å². The average Bonchev–Trinajstić information content (AvgIpc) is 3.51. The number of benzene rings is 1. The summed E-state index contributed by atoms with van der Waals surface area (Å²) in [6, 6.07) is 5.15. The predicted molar refractivity (Wildman–Crippen MR) is 111 cm³/mol. The molecule has 12 heteroatoms. The van der Waals surface area contributed by atoms with Crippen molar-refractivity contribution in [2.45, 2.75) is 50.6 Å². The Balaban J connectivity index is 1.34. The molecule has 1 amide bonds. The highest BCUT2D eigenvalue weighted by Gasteiger charge is 2.52. The molecule has 4 atom stereocenters. The summed E-state index contributed by atoms with van der Waals surface area (Å²) in [7, 11) is 0. The third-order valence-electron chi connectivity index (χ3n) is 6.70. The van der Waals surface area contributed by atoms with Gasteiger partial charge < -0.3 is 9.64 Å². The molecule has 184 valence electrons. The van der Waals surface area contributed by atoms with Crippen LogP contribution in [0.3, 0.4) is 0 Å². The quantitative estimate of drug-likeness (QED) is 0.398. The average molecular weight is 493 g/mol. The van der Waals surface area contributed by atoms with Crippen LogP contribution in [-0.2, 0) is 17.4 Å². The fourth-order valence-corrected chi connectivity index (χ4v) is 5.08. The molecule has 1 aliphatic heterocycles. The number of hydrogen-bond donors (Lipinski definition) is 0. The topological polar surface area (TPSA) is 73.1 Å². The molecule has 2 aliphatic rings. The summed E-state index contributed by atoms with van der Waals surface area (Å²) in [5.74, 6) is -2.51. The maximum absolute atomic E-state index is 13.9. The van der Waals surface area contributed by atoms with Gasteiger partial charge in [0.2, 0.25) is 17.7 Å². The fraction of sp³-hybridized carbons (Fsp3) is 0.391. The number of rotatable bonds is 5. The van der Waals surface area contributed by atoms with Crippen LogP contribution in [0.4, 0.5) is 22.0 Å². The Labute approximate surface area is 196 Å². The number of likely N-dealkylation sites (tertiary alicyclic amines) is 1. The van der Waals surface area contributed by atoms with Crippen molar-refractivity contribution in [3.05, 3.63) is 65.6 Å². The van der Waals surface area contributed by atoms with Gasteiger partial charge in [0.15, 0.2) is 0 Å². The van der Waals surface area contributed by atoms with E-state index in [1.807, 2.05) is 6.92 Å². The van der Waals surface area contributed by atoms with E-state index < -0.39 is 29.6 Å². The van der Waals surface area contributed by atoms with Crippen molar-refractivity contribution in [1.29, 1.82) is 0 Å². The minimum atomic E-state index is -4.86. The van der Waals surface area contributed by atoms with E-state index in [9.17, 15) is 26.7 Å². The van der Waals surface area contributed by atoms with Gasteiger partial charge in [0, 0.05) is 18.2 Å². The van der Waals surface area contributed by atoms with E-state index in [0.29, 0.717) is 30.2 Å². The van der Waals surface area contributed by atoms with Crippen molar-refractivity contribution in [3.8, 4) is 11.6 Å². The van der Waals surface area contributed by atoms with Crippen LogP contribution >= 0.6 is 0 Å². The largest absolute Gasteiger partial charge is 0.472 e. The first-order chi connectivity index (χ1) is 16.6. The molecule has 2 fully saturated rings. The molecular formula is C23H20F5N5O2. The molecule has 1 saturated carbocycles. The second-order valence-corrected chi connectivity index (χ2v) is 8.75. The van der Waals surface area contributed by atoms with Gasteiger partial charge in [-0.2, -0.15) is 37.5 Å². The Morgan fingerprint density at radius 2 is 1.86 bits per heavy atom. The Kier molecular flexibility index (Phi) is 5.68. The van der Waals surface area contributed by atoms with Gasteiger partial charge in [-0.1, -0.05) is 6.07 Å². The van der Waals surface area contributed by atoms with E-state index in [4.69, 9.17) is 4.74 Å². The van der Waals surface area contributed by atoms with E-state index in [0.717, 1.165) is 6.07 Å². The maximum Gasteiger partial charge on any atom is 0.420 e. The van der Waals surface area contributed by atoms with Gasteiger partial charge >= 0.3 is 6.18 Å². The smallest absolute Gasteiger partial charge is 0.420 e. The lowest BCUT2D eigenvalue weighted by atomic mass is 9.98. The van der Waals surface area contributed by atoms with Crippen LogP contribution < -0.4 is 4.74 Å². The van der Waals surface area contributed by atoms with E-state index in [1.54, 1.807) is 4.90 Å². The molecule has 3 heterocycles. The summed E-state index contributed by atoms with van der Waals surface area (Å²) >= 11 is 0. The first-order valence-corrected chi connectivity index (χ1v) is 11.0. The number of pyridine rings is 1. The number of carbonyl (C=O) groups is 1. The second kappa shape index (κ2) is 8.58. The molecule has 3 aromatic rings. The standard InChI is InChI=1S/C23H20F5N5O2/c1-12-14-8-18(19(9-14)35-20-5-4-16(22(25)31-20)23(26,27)28)32(12)21(34)10-13-2-3-15(24)11-17(13)33-29-6-7-30-33/h2-7,11-12,14,18-19H,8-10H2,1H3/t12-,14-,18+,19-/m1/s1. The van der Waals surface area contributed by atoms with Crippen LogP contribution in [0.15, 0.2) is 42.7 Å². The Hall–Kier alpha value is -3.57. The molecule has 0 unspecified atom stereocenters. The van der Waals surface area contributed by atoms with Gasteiger partial charge in [0.05, 0.1) is 30.5 Å². The van der Waals surface area contributed by atoms with E-state index in [-0.39, 0.29) is 36.2 Å². The van der Waals surface area contributed by atoms with E-state index in [1.165, 1.54) is 35.4 Å². The third-order valence-corrected chi connectivity index (χ3v) is 6.70. The van der Waals surface area contributed by atoms with Gasteiger partial charge in [-0.3, -0.25) is 4.79 Å². The molecule has 0 radical (unpaired) electrons. The minimum absolute atomic E-state index is 0.0371. The number of carbonyl (C=O) groups excluding carboxylic acids is 1. The predicted octanol–water partition coefficient (Wildman–Crippen LogP) is 3.96. The first-order valence-electron chi connectivity index (χ1n) is 11.0. The molecule has 35 heavy (non-hydrogen) atoms. The summed E-state index contributed by atoms with van der Waals surface area (Å²) < 4.78 is 71.9. The number of amides is 1. The van der Waals surface area contributed by atoms with Crippen molar-refractivity contribution in [1.82, 2.24) is 24.9 Å². The summed E-state index contributed by atoms with van der Waals surface area (Å²) in [4.78, 5) is 19.6. The van der Waals surface area contributed by atoms with Crippen molar-refractivity contribution in [3.63, 3.8) is 0 Å². The number of fused-ring (bicyclic) bond motifs is 2. The van der Waals surface area contributed by atoms with Crippen LogP contribution in [0.5, 0.6) is 5.88 Å². The van der Waals surface area contributed by atoms with Crippen LogP contribution in [0.25, 0.3) is 5.69 Å². The summed E-state index contributed by atoms with van der Waals surface area (Å²) in [6.45, 7) is 1.93. The van der Waals surface area contributed by atoms with Crippen molar-refractivity contribution in [2.24, 2.45) is 5.92 Å². The summed E-state index contributed by atoms with van der Waals surface area (Å²) in [6.07, 6.45) is -1.33. The zero-order chi connectivity index (χ0) is 24.9. The second-order valence-electron chi connectivity index (χ2n) is 8.75. The highest BCUT2D eigenvalue weighted by Crippen LogP contribution is 2.44. The molecule has 2 bridgehead atoms. The molecule has 1 aliphatic carbocycles. The number of hydrogen-bond acceptors (Lipinski definition) is 5. The van der Waals surface area contributed by atoms with E-state index >= 15 is 0 Å². The molecule has 1 saturated heterocycles. The monoisotopic (exact) mass is 493 g/mol. The van der Waals surface area contributed by atoms with Crippen molar-refractivity contribution in [2.75, 3.05) is 0 Å². The lowest BCUT2D eigenvalue weighted by Crippen LogP contribution is -2.51. The molecule has 1 aromatic carbocycles. The van der Waals surface area contributed by atoms with Gasteiger partial charge in [-0.25, -0.2) is 4.39 Å². The first kappa shape index (κ1) is 23.2. The number of ether oxygens (including phenoxy) is 1. The number of aromatic nitrogens is 4. The normalized spacial score (nSPS) is 23.7. The van der Waals surface area contributed by atoms with Crippen LogP contribution in [-0.4, -0.2) is 49.0 Å². The Morgan fingerprint density at radius 3 is 2.51 bits per heavy atom. The molecular weight excluding hydrogens is 473 g/mol. The molecule has 5 rings (SSSR count). The minimum Gasteiger partial charge on any atom is -0.472 e. The SMILES string of the molecule is C[C@@H]1[C@H]2C[C@@H](Oc3ccc(C(F)(F)F)c(F)n3)[C@H](C2)N1C(=O)Cc1ccc(F)cc1-n1nccn1. The van der Waals surface area contributed by atoms with Crippen LogP contribution in [0, 0.1) is 17.7 Å². The lowest BCUT2D eigenvalue weighted by Gasteiger charge is -2.38. The molecule has 0 spiro atoms. The maximum atomic E-state index is 13.9. The number of halogens is 5. The van der Waals surface area contributed by atoms with Gasteiger partial charge in [-0.15, -0.1) is 0 Å². The lowest BCUT2D eigenvalue weighted by molar-refractivity contribution is -0.141. The zero-order valence-electron chi connectivity index (χ0n) is 18.4. The zero-order valence-corrected chi connectivity index (χ0v) is 18.4. The van der Waals surface area contributed by atoms with Crippen LogP contribution in [0.2, 0.25) is 0 Å². The van der Waals surface area contributed by atoms with Gasteiger partial charge in [0.25, 0.3) is 0 Å². The highest BCUT2D eigenvalue weighted by atomic mass is 19.4. The molecule has 2 aromatic heterocycles. The highest BCUT2D eigenvalue weighted by molar-refractivity contribution is 5.81. The van der Waals surface area contributed by atoms with E-state index in [2.05, 4.69) is 15.2 Å². The summed E-state index contributed by atoms with van der Waals surface area (Å²) in [5.41, 5.74) is -0.589. The fourth-order valence-electron chi connectivity index (χ4n) is 5.08. The van der Waals surface area contributed by atoms with Crippen LogP contribution in [0.1, 0.15) is 30.9 Å².